The topological polar surface area (TPSA) is 59.2 Å². The normalized spacial score (nSPS) is 16.4. The number of benzene rings is 1. The van der Waals surface area contributed by atoms with Crippen molar-refractivity contribution in [1.29, 1.82) is 0 Å². The molecule has 8 heteroatoms. The van der Waals surface area contributed by atoms with Gasteiger partial charge in [-0.1, -0.05) is 35.5 Å². The number of piperidine rings is 1. The number of carbonyl (C=O) groups is 1. The first-order valence-electron chi connectivity index (χ1n) is 7.66. The summed E-state index contributed by atoms with van der Waals surface area (Å²) in [6.07, 6.45) is -3.51. The van der Waals surface area contributed by atoms with Crippen LogP contribution in [0.15, 0.2) is 34.9 Å². The van der Waals surface area contributed by atoms with Crippen LogP contribution in [-0.2, 0) is 11.2 Å². The van der Waals surface area contributed by atoms with Crippen LogP contribution in [-0.4, -0.2) is 40.2 Å². The summed E-state index contributed by atoms with van der Waals surface area (Å²) < 4.78 is 42.5. The molecule has 0 aliphatic carbocycles. The van der Waals surface area contributed by atoms with E-state index in [1.807, 2.05) is 30.3 Å². The van der Waals surface area contributed by atoms with E-state index in [-0.39, 0.29) is 19.0 Å². The van der Waals surface area contributed by atoms with E-state index in [0.29, 0.717) is 31.0 Å². The van der Waals surface area contributed by atoms with E-state index in [0.717, 1.165) is 10.5 Å². The lowest BCUT2D eigenvalue weighted by molar-refractivity contribution is -0.186. The molecule has 0 bridgehead atoms. The Bertz CT molecular complexity index is 692. The number of amides is 1. The molecule has 1 aliphatic rings. The van der Waals surface area contributed by atoms with Gasteiger partial charge in [-0.05, 0) is 18.4 Å². The summed E-state index contributed by atoms with van der Waals surface area (Å²) >= 11 is 0. The highest BCUT2D eigenvalue weighted by Crippen LogP contribution is 2.29. The van der Waals surface area contributed by atoms with Gasteiger partial charge in [0.1, 0.15) is 0 Å². The molecule has 1 aromatic heterocycles. The van der Waals surface area contributed by atoms with Crippen molar-refractivity contribution in [3.05, 3.63) is 47.6 Å². The molecule has 0 atom stereocenters. The fourth-order valence-electron chi connectivity index (χ4n) is 2.79. The quantitative estimate of drug-likeness (QED) is 0.863. The highest BCUT2D eigenvalue weighted by Gasteiger charge is 2.43. The lowest BCUT2D eigenvalue weighted by Crippen LogP contribution is -2.45. The molecule has 0 spiro atoms. The fraction of sp³-hybridized carbons (Fsp3) is 0.438. The molecule has 1 aliphatic heterocycles. The van der Waals surface area contributed by atoms with E-state index in [4.69, 9.17) is 4.52 Å². The maximum atomic E-state index is 12.4. The van der Waals surface area contributed by atoms with Crippen LogP contribution in [0.5, 0.6) is 0 Å². The Balaban J connectivity index is 1.58. The van der Waals surface area contributed by atoms with Gasteiger partial charge in [-0.3, -0.25) is 4.79 Å². The standard InChI is InChI=1S/C16H16F3N3O2/c17-16(18,19)15(23)22-8-6-12(7-9-22)14-20-13(21-24-14)10-11-4-2-1-3-5-11/h1-5,12H,6-10H2. The third-order valence-corrected chi connectivity index (χ3v) is 4.06. The van der Waals surface area contributed by atoms with Gasteiger partial charge >= 0.3 is 12.1 Å². The minimum Gasteiger partial charge on any atom is -0.339 e. The molecule has 0 radical (unpaired) electrons. The van der Waals surface area contributed by atoms with Crippen LogP contribution in [0, 0.1) is 0 Å². The van der Waals surface area contributed by atoms with E-state index in [2.05, 4.69) is 10.1 Å². The number of nitrogens with zero attached hydrogens (tertiary/aromatic N) is 3. The Morgan fingerprint density at radius 3 is 2.50 bits per heavy atom. The first kappa shape index (κ1) is 16.5. The Labute approximate surface area is 136 Å². The number of hydrogen-bond acceptors (Lipinski definition) is 4. The Morgan fingerprint density at radius 2 is 1.88 bits per heavy atom. The van der Waals surface area contributed by atoms with Gasteiger partial charge in [0, 0.05) is 25.4 Å². The van der Waals surface area contributed by atoms with Crippen molar-refractivity contribution in [2.75, 3.05) is 13.1 Å². The van der Waals surface area contributed by atoms with Crippen LogP contribution in [0.2, 0.25) is 0 Å². The van der Waals surface area contributed by atoms with Gasteiger partial charge in [-0.2, -0.15) is 18.2 Å². The van der Waals surface area contributed by atoms with Gasteiger partial charge in [-0.15, -0.1) is 0 Å². The van der Waals surface area contributed by atoms with Crippen LogP contribution in [0.25, 0.3) is 0 Å². The maximum Gasteiger partial charge on any atom is 0.471 e. The lowest BCUT2D eigenvalue weighted by Gasteiger charge is -2.30. The molecule has 24 heavy (non-hydrogen) atoms. The van der Waals surface area contributed by atoms with Crippen LogP contribution >= 0.6 is 0 Å². The predicted molar refractivity (Wildman–Crippen MR) is 78.2 cm³/mol. The molecule has 5 nitrogen and oxygen atoms in total. The van der Waals surface area contributed by atoms with Crippen LogP contribution in [0.1, 0.15) is 36.0 Å². The van der Waals surface area contributed by atoms with Gasteiger partial charge < -0.3 is 9.42 Å². The van der Waals surface area contributed by atoms with Crippen molar-refractivity contribution >= 4 is 5.91 Å². The van der Waals surface area contributed by atoms with Crippen molar-refractivity contribution in [2.45, 2.75) is 31.4 Å². The molecule has 3 rings (SSSR count). The molecule has 1 fully saturated rings. The monoisotopic (exact) mass is 339 g/mol. The van der Waals surface area contributed by atoms with Crippen LogP contribution < -0.4 is 0 Å². The van der Waals surface area contributed by atoms with E-state index in [9.17, 15) is 18.0 Å². The third-order valence-electron chi connectivity index (χ3n) is 4.06. The van der Waals surface area contributed by atoms with Crippen molar-refractivity contribution in [2.24, 2.45) is 0 Å². The van der Waals surface area contributed by atoms with Crippen molar-refractivity contribution in [3.63, 3.8) is 0 Å². The number of alkyl halides is 3. The third kappa shape index (κ3) is 3.74. The molecule has 1 aromatic carbocycles. The van der Waals surface area contributed by atoms with Crippen molar-refractivity contribution < 1.29 is 22.5 Å². The number of rotatable bonds is 3. The number of likely N-dealkylation sites (tertiary alicyclic amines) is 1. The fourth-order valence-corrected chi connectivity index (χ4v) is 2.79. The molecule has 0 unspecified atom stereocenters. The molecule has 2 heterocycles. The van der Waals surface area contributed by atoms with E-state index in [1.54, 1.807) is 0 Å². The Morgan fingerprint density at radius 1 is 1.21 bits per heavy atom. The largest absolute Gasteiger partial charge is 0.471 e. The molecule has 128 valence electrons. The molecule has 2 aromatic rings. The molecular formula is C16H16F3N3O2. The molecule has 0 saturated carbocycles. The van der Waals surface area contributed by atoms with E-state index >= 15 is 0 Å². The first-order valence-corrected chi connectivity index (χ1v) is 7.66. The molecule has 0 N–H and O–H groups in total. The summed E-state index contributed by atoms with van der Waals surface area (Å²) in [6, 6.07) is 9.67. The zero-order valence-corrected chi connectivity index (χ0v) is 12.8. The van der Waals surface area contributed by atoms with Gasteiger partial charge in [0.25, 0.3) is 0 Å². The average Bonchev–Trinajstić information content (AvgIpc) is 3.03. The second-order valence-electron chi connectivity index (χ2n) is 5.78. The smallest absolute Gasteiger partial charge is 0.339 e. The second kappa shape index (κ2) is 6.62. The molecule has 1 saturated heterocycles. The maximum absolute atomic E-state index is 12.4. The number of carbonyl (C=O) groups excluding carboxylic acids is 1. The molecule has 1 amide bonds. The summed E-state index contributed by atoms with van der Waals surface area (Å²) in [5.74, 6) is -0.916. The van der Waals surface area contributed by atoms with Gasteiger partial charge in [0.2, 0.25) is 5.89 Å². The number of halogens is 3. The summed E-state index contributed by atoms with van der Waals surface area (Å²) in [5.41, 5.74) is 1.05. The number of aromatic nitrogens is 2. The van der Waals surface area contributed by atoms with E-state index < -0.39 is 12.1 Å². The van der Waals surface area contributed by atoms with Gasteiger partial charge in [0.15, 0.2) is 5.82 Å². The highest BCUT2D eigenvalue weighted by atomic mass is 19.4. The van der Waals surface area contributed by atoms with Crippen LogP contribution in [0.4, 0.5) is 13.2 Å². The Kier molecular flexibility index (Phi) is 4.55. The summed E-state index contributed by atoms with van der Waals surface area (Å²) in [4.78, 5) is 16.4. The summed E-state index contributed by atoms with van der Waals surface area (Å²) in [6.45, 7) is 0.0822. The highest BCUT2D eigenvalue weighted by molar-refractivity contribution is 5.81. The lowest BCUT2D eigenvalue weighted by atomic mass is 9.96. The van der Waals surface area contributed by atoms with Gasteiger partial charge in [-0.25, -0.2) is 0 Å². The SMILES string of the molecule is O=C(N1CCC(c2nc(Cc3ccccc3)no2)CC1)C(F)(F)F. The zero-order chi connectivity index (χ0) is 17.2. The van der Waals surface area contributed by atoms with Crippen molar-refractivity contribution in [1.82, 2.24) is 15.0 Å². The second-order valence-corrected chi connectivity index (χ2v) is 5.78. The first-order chi connectivity index (χ1) is 11.4. The minimum atomic E-state index is -4.82. The Hall–Kier alpha value is -2.38. The average molecular weight is 339 g/mol. The number of hydrogen-bond donors (Lipinski definition) is 0. The van der Waals surface area contributed by atoms with Crippen molar-refractivity contribution in [3.8, 4) is 0 Å². The van der Waals surface area contributed by atoms with E-state index in [1.165, 1.54) is 0 Å². The summed E-state index contributed by atoms with van der Waals surface area (Å²) in [5, 5.41) is 3.93. The summed E-state index contributed by atoms with van der Waals surface area (Å²) in [7, 11) is 0. The minimum absolute atomic E-state index is 0.0411. The van der Waals surface area contributed by atoms with Crippen LogP contribution in [0.3, 0.4) is 0 Å². The zero-order valence-electron chi connectivity index (χ0n) is 12.8. The molecular weight excluding hydrogens is 323 g/mol. The predicted octanol–water partition coefficient (Wildman–Crippen LogP) is 2.93. The van der Waals surface area contributed by atoms with Gasteiger partial charge in [0.05, 0.1) is 0 Å².